The predicted octanol–water partition coefficient (Wildman–Crippen LogP) is 13.5. The molecule has 6 nitrogen and oxygen atoms in total. The van der Waals surface area contributed by atoms with Crippen LogP contribution in [0.15, 0.2) is 0 Å². The molecule has 0 spiro atoms. The van der Waals surface area contributed by atoms with Crippen molar-refractivity contribution in [3.8, 4) is 0 Å². The lowest BCUT2D eigenvalue weighted by Gasteiger charge is -2.45. The van der Waals surface area contributed by atoms with Crippen LogP contribution in [0.5, 0.6) is 0 Å². The van der Waals surface area contributed by atoms with Gasteiger partial charge in [-0.25, -0.2) is 0 Å². The van der Waals surface area contributed by atoms with E-state index >= 15 is 0 Å². The summed E-state index contributed by atoms with van der Waals surface area (Å²) in [5, 5.41) is 19.0. The maximum absolute atomic E-state index is 13.4. The average molecular weight is 901 g/mol. The standard InChI is InChI=1S/C23H38F6O3.C17H28F6O3.C2H6/c1-18(2,3)14-20(7,19(4,5)6)17(30)32-16(15-11-9-8-10-12-15)13-21(31,22(24,25)26)23(27,28)29;1-10(2)14(7,9-13(4,5)6)12(24)26-11(3)8-15(25,16(18,19)20)17(21,22)23;1-2/h15-16,31H,8-14H2,1-7H3;10-11,25H,8-9H2,1-7H3;1-2H3. The number of aliphatic hydroxyl groups is 2. The van der Waals surface area contributed by atoms with Gasteiger partial charge >= 0.3 is 36.6 Å². The van der Waals surface area contributed by atoms with Crippen molar-refractivity contribution in [3.05, 3.63) is 0 Å². The summed E-state index contributed by atoms with van der Waals surface area (Å²) in [6.07, 6.45) is -27.5. The lowest BCUT2D eigenvalue weighted by Crippen LogP contribution is -2.59. The molecule has 1 fully saturated rings. The molecule has 1 aliphatic carbocycles. The van der Waals surface area contributed by atoms with Crippen molar-refractivity contribution in [2.24, 2.45) is 38.9 Å². The largest absolute Gasteiger partial charge is 0.462 e. The number of halogens is 12. The van der Waals surface area contributed by atoms with Gasteiger partial charge in [-0.15, -0.1) is 0 Å². The van der Waals surface area contributed by atoms with Gasteiger partial charge in [0.25, 0.3) is 11.2 Å². The Labute approximate surface area is 349 Å². The molecule has 0 saturated heterocycles. The zero-order valence-electron chi connectivity index (χ0n) is 38.2. The minimum atomic E-state index is -5.96. The highest BCUT2D eigenvalue weighted by Crippen LogP contribution is 2.51. The van der Waals surface area contributed by atoms with Gasteiger partial charge in [0.2, 0.25) is 0 Å². The Kier molecular flexibility index (Phi) is 20.7. The van der Waals surface area contributed by atoms with Crippen LogP contribution >= 0.6 is 0 Å². The molecule has 0 aromatic heterocycles. The molecule has 2 N–H and O–H groups in total. The van der Waals surface area contributed by atoms with Gasteiger partial charge in [-0.2, -0.15) is 52.7 Å². The number of esters is 2. The molecule has 0 bridgehead atoms. The second kappa shape index (κ2) is 20.7. The van der Waals surface area contributed by atoms with E-state index in [0.717, 1.165) is 13.3 Å². The first-order valence-electron chi connectivity index (χ1n) is 20.4. The monoisotopic (exact) mass is 901 g/mol. The molecule has 0 amide bonds. The second-order valence-corrected chi connectivity index (χ2v) is 20.3. The molecule has 18 heteroatoms. The maximum atomic E-state index is 13.4. The molecule has 0 heterocycles. The van der Waals surface area contributed by atoms with E-state index in [1.54, 1.807) is 48.5 Å². The lowest BCUT2D eigenvalue weighted by atomic mass is 9.61. The summed E-state index contributed by atoms with van der Waals surface area (Å²) in [4.78, 5) is 25.9. The van der Waals surface area contributed by atoms with Crippen molar-refractivity contribution in [2.45, 2.75) is 217 Å². The van der Waals surface area contributed by atoms with Crippen LogP contribution in [-0.2, 0) is 19.1 Å². The Hall–Kier alpha value is -1.98. The SMILES string of the molecule is CC.CC(C)(C)CC(C)(C(=O)OC(CC(O)(C(F)(F)F)C(F)(F)F)C1CCCCC1)C(C)(C)C.CC(CC(O)(C(F)(F)F)C(F)(F)F)OC(=O)C(C)(CC(C)(C)C)C(C)C. The van der Waals surface area contributed by atoms with Crippen molar-refractivity contribution in [1.82, 2.24) is 0 Å². The Morgan fingerprint density at radius 3 is 1.20 bits per heavy atom. The normalized spacial score (nSPS) is 18.8. The third-order valence-corrected chi connectivity index (χ3v) is 11.3. The van der Waals surface area contributed by atoms with Crippen LogP contribution in [0.2, 0.25) is 0 Å². The highest BCUT2D eigenvalue weighted by molar-refractivity contribution is 5.78. The van der Waals surface area contributed by atoms with Crippen molar-refractivity contribution < 1.29 is 82.0 Å². The van der Waals surface area contributed by atoms with E-state index in [4.69, 9.17) is 9.47 Å². The Morgan fingerprint density at radius 2 is 0.900 bits per heavy atom. The highest BCUT2D eigenvalue weighted by Gasteiger charge is 2.72. The van der Waals surface area contributed by atoms with E-state index < -0.39 is 95.1 Å². The lowest BCUT2D eigenvalue weighted by molar-refractivity contribution is -0.375. The molecule has 4 atom stereocenters. The van der Waals surface area contributed by atoms with Crippen LogP contribution in [0.4, 0.5) is 52.7 Å². The van der Waals surface area contributed by atoms with Gasteiger partial charge < -0.3 is 19.7 Å². The number of carbonyl (C=O) groups excluding carboxylic acids is 2. The molecule has 1 aliphatic rings. The summed E-state index contributed by atoms with van der Waals surface area (Å²) in [6, 6.07) is 0. The number of ether oxygens (including phenoxy) is 2. The Bertz CT molecular complexity index is 1300. The molecular formula is C42H72F12O6. The molecule has 0 aromatic carbocycles. The minimum Gasteiger partial charge on any atom is -0.462 e. The fraction of sp³-hybridized carbons (Fsp3) is 0.952. The summed E-state index contributed by atoms with van der Waals surface area (Å²) < 4.78 is 167. The molecule has 360 valence electrons. The summed E-state index contributed by atoms with van der Waals surface area (Å²) in [7, 11) is 0. The van der Waals surface area contributed by atoms with E-state index in [9.17, 15) is 72.5 Å². The summed E-state index contributed by atoms with van der Waals surface area (Å²) >= 11 is 0. The van der Waals surface area contributed by atoms with Crippen LogP contribution < -0.4 is 0 Å². The molecule has 0 aliphatic heterocycles. The number of rotatable bonds is 12. The Morgan fingerprint density at radius 1 is 0.550 bits per heavy atom. The van der Waals surface area contributed by atoms with E-state index in [2.05, 4.69) is 0 Å². The third kappa shape index (κ3) is 16.0. The van der Waals surface area contributed by atoms with Crippen LogP contribution in [0.3, 0.4) is 0 Å². The molecule has 4 unspecified atom stereocenters. The van der Waals surface area contributed by atoms with Gasteiger partial charge in [0, 0.05) is 12.8 Å². The van der Waals surface area contributed by atoms with E-state index in [0.29, 0.717) is 38.5 Å². The third-order valence-electron chi connectivity index (χ3n) is 11.3. The zero-order chi connectivity index (χ0) is 48.7. The fourth-order valence-corrected chi connectivity index (χ4v) is 7.25. The molecule has 1 rings (SSSR count). The van der Waals surface area contributed by atoms with Gasteiger partial charge in [-0.05, 0) is 74.5 Å². The van der Waals surface area contributed by atoms with Gasteiger partial charge in [-0.3, -0.25) is 9.59 Å². The highest BCUT2D eigenvalue weighted by atomic mass is 19.4. The van der Waals surface area contributed by atoms with Crippen molar-refractivity contribution in [2.75, 3.05) is 0 Å². The predicted molar refractivity (Wildman–Crippen MR) is 205 cm³/mol. The zero-order valence-corrected chi connectivity index (χ0v) is 38.2. The van der Waals surface area contributed by atoms with Crippen molar-refractivity contribution >= 4 is 11.9 Å². The molecular weight excluding hydrogens is 828 g/mol. The van der Waals surface area contributed by atoms with Gasteiger partial charge in [0.1, 0.15) is 12.2 Å². The molecule has 0 aromatic rings. The van der Waals surface area contributed by atoms with Gasteiger partial charge in [0.15, 0.2) is 0 Å². The van der Waals surface area contributed by atoms with Gasteiger partial charge in [0.05, 0.1) is 10.8 Å². The van der Waals surface area contributed by atoms with Crippen LogP contribution in [-0.4, -0.2) is 70.3 Å². The maximum Gasteiger partial charge on any atom is 0.426 e. The van der Waals surface area contributed by atoms with Crippen LogP contribution in [0, 0.1) is 38.9 Å². The first-order chi connectivity index (χ1) is 26.2. The first kappa shape index (κ1) is 60.1. The van der Waals surface area contributed by atoms with Crippen LogP contribution in [0.1, 0.15) is 169 Å². The molecule has 1 saturated carbocycles. The second-order valence-electron chi connectivity index (χ2n) is 20.3. The topological polar surface area (TPSA) is 93.1 Å². The van der Waals surface area contributed by atoms with E-state index in [-0.39, 0.29) is 16.7 Å². The van der Waals surface area contributed by atoms with E-state index in [1.807, 2.05) is 55.4 Å². The first-order valence-corrected chi connectivity index (χ1v) is 20.4. The Balaban J connectivity index is 0. The van der Waals surface area contributed by atoms with E-state index in [1.165, 1.54) is 0 Å². The summed E-state index contributed by atoms with van der Waals surface area (Å²) in [6.45, 7) is 28.2. The number of alkyl halides is 12. The van der Waals surface area contributed by atoms with Crippen molar-refractivity contribution in [1.29, 1.82) is 0 Å². The quantitative estimate of drug-likeness (QED) is 0.150. The molecule has 60 heavy (non-hydrogen) atoms. The fourth-order valence-electron chi connectivity index (χ4n) is 7.25. The smallest absolute Gasteiger partial charge is 0.426 e. The number of hydrogen-bond acceptors (Lipinski definition) is 6. The van der Waals surface area contributed by atoms with Crippen LogP contribution in [0.25, 0.3) is 0 Å². The average Bonchev–Trinajstić information content (AvgIpc) is 3.01. The minimum absolute atomic E-state index is 0.259. The molecule has 0 radical (unpaired) electrons. The summed E-state index contributed by atoms with van der Waals surface area (Å²) in [5.74, 6) is -2.66. The number of carbonyl (C=O) groups is 2. The van der Waals surface area contributed by atoms with Crippen molar-refractivity contribution in [3.63, 3.8) is 0 Å². The summed E-state index contributed by atoms with van der Waals surface area (Å²) in [5.41, 5.74) is -13.5. The van der Waals surface area contributed by atoms with Gasteiger partial charge in [-0.1, -0.05) is 109 Å². The number of hydrogen-bond donors (Lipinski definition) is 2.